The predicted octanol–water partition coefficient (Wildman–Crippen LogP) is 1.17. The van der Waals surface area contributed by atoms with Crippen LogP contribution in [0.2, 0.25) is 0 Å². The van der Waals surface area contributed by atoms with E-state index in [1.807, 2.05) is 0 Å². The van der Waals surface area contributed by atoms with Crippen LogP contribution in [0.3, 0.4) is 0 Å². The summed E-state index contributed by atoms with van der Waals surface area (Å²) < 4.78 is 0. The molecular formula is C20H32N4+2. The molecule has 1 fully saturated rings. The first-order valence-corrected chi connectivity index (χ1v) is 9.72. The molecule has 0 amide bonds. The van der Waals surface area contributed by atoms with Crippen LogP contribution >= 0.6 is 0 Å². The number of nitrogens with one attached hydrogen (secondary N) is 2. The lowest BCUT2D eigenvalue weighted by atomic mass is 9.85. The number of hydrogen-bond donors (Lipinski definition) is 1. The Morgan fingerprint density at radius 2 is 1.83 bits per heavy atom. The average Bonchev–Trinajstić information content (AvgIpc) is 2.61. The number of aromatic amines is 1. The SMILES string of the molecule is CC[NH+]1CCN(c2[nH+]c(CC(C)C)c3c(c2C#N)CCCC3)CC1. The topological polar surface area (TPSA) is 45.6 Å². The minimum atomic E-state index is 0.634. The van der Waals surface area contributed by atoms with Crippen molar-refractivity contribution < 1.29 is 9.88 Å². The fraction of sp³-hybridized carbons (Fsp3) is 0.700. The second-order valence-corrected chi connectivity index (χ2v) is 7.79. The number of quaternary nitrogens is 1. The van der Waals surface area contributed by atoms with Gasteiger partial charge < -0.3 is 4.90 Å². The van der Waals surface area contributed by atoms with E-state index in [1.54, 1.807) is 4.90 Å². The van der Waals surface area contributed by atoms with Crippen molar-refractivity contribution in [2.45, 2.75) is 52.9 Å². The lowest BCUT2D eigenvalue weighted by Crippen LogP contribution is -3.14. The van der Waals surface area contributed by atoms with Gasteiger partial charge in [0, 0.05) is 6.42 Å². The van der Waals surface area contributed by atoms with Crippen molar-refractivity contribution in [3.05, 3.63) is 22.4 Å². The van der Waals surface area contributed by atoms with Gasteiger partial charge in [-0.3, -0.25) is 0 Å². The quantitative estimate of drug-likeness (QED) is 0.902. The third-order valence-corrected chi connectivity index (χ3v) is 5.65. The van der Waals surface area contributed by atoms with Crippen LogP contribution < -0.4 is 14.8 Å². The number of H-pyrrole nitrogens is 1. The molecule has 4 heteroatoms. The zero-order valence-electron chi connectivity index (χ0n) is 15.5. The number of piperazine rings is 1. The van der Waals surface area contributed by atoms with Gasteiger partial charge in [0.1, 0.15) is 43.5 Å². The van der Waals surface area contributed by atoms with Gasteiger partial charge in [-0.1, -0.05) is 13.8 Å². The molecule has 0 bridgehead atoms. The Kier molecular flexibility index (Phi) is 5.40. The maximum absolute atomic E-state index is 9.87. The number of nitrogens with zero attached hydrogens (tertiary/aromatic N) is 2. The molecule has 4 nitrogen and oxygen atoms in total. The number of fused-ring (bicyclic) bond motifs is 1. The smallest absolute Gasteiger partial charge is 0.293 e. The highest BCUT2D eigenvalue weighted by molar-refractivity contribution is 5.58. The standard InChI is InChI=1S/C20H30N4/c1-4-23-9-11-24(12-10-23)20-18(14-21)16-7-5-6-8-17(16)19(22-20)13-15(2)3/h15H,4-13H2,1-3H3/p+2. The summed E-state index contributed by atoms with van der Waals surface area (Å²) in [6.45, 7) is 12.5. The van der Waals surface area contributed by atoms with Crippen molar-refractivity contribution in [2.75, 3.05) is 37.6 Å². The summed E-state index contributed by atoms with van der Waals surface area (Å²) in [7, 11) is 0. The Bertz CT molecular complexity index is 622. The highest BCUT2D eigenvalue weighted by Crippen LogP contribution is 2.30. The van der Waals surface area contributed by atoms with E-state index < -0.39 is 0 Å². The first-order chi connectivity index (χ1) is 11.6. The van der Waals surface area contributed by atoms with Crippen LogP contribution in [0.4, 0.5) is 5.82 Å². The molecular weight excluding hydrogens is 296 g/mol. The number of nitriles is 1. The molecule has 0 atom stereocenters. The number of rotatable bonds is 4. The van der Waals surface area contributed by atoms with Gasteiger partial charge in [0.05, 0.1) is 6.54 Å². The Morgan fingerprint density at radius 1 is 1.17 bits per heavy atom. The Hall–Kier alpha value is -1.60. The molecule has 0 saturated carbocycles. The molecule has 0 spiro atoms. The maximum Gasteiger partial charge on any atom is 0.293 e. The number of anilines is 1. The molecule has 24 heavy (non-hydrogen) atoms. The molecule has 3 rings (SSSR count). The lowest BCUT2D eigenvalue weighted by molar-refractivity contribution is -0.898. The van der Waals surface area contributed by atoms with E-state index in [2.05, 4.69) is 36.7 Å². The van der Waals surface area contributed by atoms with Crippen molar-refractivity contribution in [1.29, 1.82) is 5.26 Å². The van der Waals surface area contributed by atoms with Crippen LogP contribution in [0.15, 0.2) is 0 Å². The van der Waals surface area contributed by atoms with E-state index >= 15 is 0 Å². The van der Waals surface area contributed by atoms with E-state index in [0.717, 1.165) is 43.7 Å². The van der Waals surface area contributed by atoms with Crippen molar-refractivity contribution in [3.63, 3.8) is 0 Å². The zero-order chi connectivity index (χ0) is 17.1. The minimum Gasteiger partial charge on any atom is -0.329 e. The molecule has 130 valence electrons. The molecule has 0 unspecified atom stereocenters. The molecule has 1 aromatic rings. The van der Waals surface area contributed by atoms with Gasteiger partial charge in [0.15, 0.2) is 0 Å². The van der Waals surface area contributed by atoms with Crippen LogP contribution in [0.1, 0.15) is 56.0 Å². The summed E-state index contributed by atoms with van der Waals surface area (Å²) in [5.74, 6) is 1.73. The summed E-state index contributed by atoms with van der Waals surface area (Å²) >= 11 is 0. The van der Waals surface area contributed by atoms with Gasteiger partial charge in [-0.15, -0.1) is 0 Å². The van der Waals surface area contributed by atoms with Crippen molar-refractivity contribution in [2.24, 2.45) is 5.92 Å². The summed E-state index contributed by atoms with van der Waals surface area (Å²) in [6, 6.07) is 2.55. The minimum absolute atomic E-state index is 0.634. The summed E-state index contributed by atoms with van der Waals surface area (Å²) in [6.07, 6.45) is 5.78. The molecule has 2 N–H and O–H groups in total. The largest absolute Gasteiger partial charge is 0.329 e. The number of aromatic nitrogens is 1. The van der Waals surface area contributed by atoms with Crippen molar-refractivity contribution in [1.82, 2.24) is 0 Å². The van der Waals surface area contributed by atoms with E-state index in [0.29, 0.717) is 5.92 Å². The third-order valence-electron chi connectivity index (χ3n) is 5.65. The number of hydrogen-bond acceptors (Lipinski definition) is 2. The fourth-order valence-corrected chi connectivity index (χ4v) is 4.28. The normalized spacial score (nSPS) is 18.5. The summed E-state index contributed by atoms with van der Waals surface area (Å²) in [5, 5.41) is 9.87. The van der Waals surface area contributed by atoms with Crippen LogP contribution in [0.25, 0.3) is 0 Å². The molecule has 2 heterocycles. The first kappa shape index (κ1) is 17.2. The van der Waals surface area contributed by atoms with Gasteiger partial charge in [-0.05, 0) is 49.7 Å². The monoisotopic (exact) mass is 328 g/mol. The van der Waals surface area contributed by atoms with Gasteiger partial charge in [0.25, 0.3) is 5.82 Å². The van der Waals surface area contributed by atoms with Crippen molar-refractivity contribution in [3.8, 4) is 6.07 Å². The molecule has 1 aliphatic carbocycles. The maximum atomic E-state index is 9.87. The van der Waals surface area contributed by atoms with E-state index in [1.165, 1.54) is 49.3 Å². The second-order valence-electron chi connectivity index (χ2n) is 7.79. The van der Waals surface area contributed by atoms with Crippen LogP contribution in [0.5, 0.6) is 0 Å². The second kappa shape index (κ2) is 7.53. The molecule has 1 saturated heterocycles. The average molecular weight is 329 g/mol. The third kappa shape index (κ3) is 3.42. The molecule has 2 aliphatic rings. The molecule has 0 aromatic carbocycles. The fourth-order valence-electron chi connectivity index (χ4n) is 4.28. The van der Waals surface area contributed by atoms with E-state index in [9.17, 15) is 5.26 Å². The zero-order valence-corrected chi connectivity index (χ0v) is 15.5. The Balaban J connectivity index is 2.00. The van der Waals surface area contributed by atoms with Gasteiger partial charge in [0.2, 0.25) is 0 Å². The Labute approximate surface area is 146 Å². The summed E-state index contributed by atoms with van der Waals surface area (Å²) in [4.78, 5) is 7.82. The summed E-state index contributed by atoms with van der Waals surface area (Å²) in [5.41, 5.74) is 5.11. The van der Waals surface area contributed by atoms with Crippen molar-refractivity contribution >= 4 is 5.82 Å². The van der Waals surface area contributed by atoms with Gasteiger partial charge >= 0.3 is 0 Å². The highest BCUT2D eigenvalue weighted by Gasteiger charge is 2.32. The van der Waals surface area contributed by atoms with Gasteiger partial charge in [-0.25, -0.2) is 9.88 Å². The van der Waals surface area contributed by atoms with E-state index in [4.69, 9.17) is 0 Å². The van der Waals surface area contributed by atoms with E-state index in [-0.39, 0.29) is 0 Å². The molecule has 1 aromatic heterocycles. The van der Waals surface area contributed by atoms with Crippen LogP contribution in [0, 0.1) is 17.2 Å². The first-order valence-electron chi connectivity index (χ1n) is 9.72. The molecule has 0 radical (unpaired) electrons. The predicted molar refractivity (Wildman–Crippen MR) is 96.3 cm³/mol. The number of pyridine rings is 1. The van der Waals surface area contributed by atoms with Crippen LogP contribution in [-0.4, -0.2) is 32.7 Å². The molecule has 1 aliphatic heterocycles. The number of likely N-dealkylation sites (N-methyl/N-ethyl adjacent to an activating group) is 1. The van der Waals surface area contributed by atoms with Gasteiger partial charge in [-0.2, -0.15) is 5.26 Å². The van der Waals surface area contributed by atoms with Crippen LogP contribution in [-0.2, 0) is 19.3 Å². The highest BCUT2D eigenvalue weighted by atomic mass is 15.3. The Morgan fingerprint density at radius 3 is 2.42 bits per heavy atom. The lowest BCUT2D eigenvalue weighted by Gasteiger charge is -2.29.